The Balaban J connectivity index is 1.98. The third-order valence-corrected chi connectivity index (χ3v) is 2.80. The molecule has 0 radical (unpaired) electrons. The molecule has 1 N–H and O–H groups in total. The maximum Gasteiger partial charge on any atom is 0.387 e. The van der Waals surface area contributed by atoms with Crippen LogP contribution in [0, 0.1) is 0 Å². The Morgan fingerprint density at radius 2 is 2.25 bits per heavy atom. The number of benzene rings is 1. The summed E-state index contributed by atoms with van der Waals surface area (Å²) < 4.78 is 30.7. The second kappa shape index (κ2) is 6.88. The van der Waals surface area contributed by atoms with Crippen molar-refractivity contribution in [3.05, 3.63) is 42.5 Å². The maximum atomic E-state index is 12.1. The molecule has 0 saturated heterocycles. The minimum Gasteiger partial charge on any atom is -0.435 e. The fourth-order valence-corrected chi connectivity index (χ4v) is 1.91. The molecule has 0 aliphatic heterocycles. The molecule has 0 unspecified atom stereocenters. The van der Waals surface area contributed by atoms with Crippen LogP contribution in [0.15, 0.2) is 36.8 Å². The van der Waals surface area contributed by atoms with Crippen molar-refractivity contribution >= 4 is 5.69 Å². The van der Waals surface area contributed by atoms with Gasteiger partial charge in [0.15, 0.2) is 0 Å². The Hall–Kier alpha value is -2.11. The van der Waals surface area contributed by atoms with Gasteiger partial charge in [-0.25, -0.2) is 4.98 Å². The van der Waals surface area contributed by atoms with E-state index in [1.54, 1.807) is 30.7 Å². The Morgan fingerprint density at radius 3 is 3.00 bits per heavy atom. The van der Waals surface area contributed by atoms with Crippen molar-refractivity contribution in [1.29, 1.82) is 0 Å². The molecule has 0 atom stereocenters. The fraction of sp³-hybridized carbons (Fsp3) is 0.357. The van der Waals surface area contributed by atoms with E-state index in [9.17, 15) is 8.78 Å². The van der Waals surface area contributed by atoms with Crippen molar-refractivity contribution in [2.75, 3.05) is 5.32 Å². The normalized spacial score (nSPS) is 10.8. The van der Waals surface area contributed by atoms with Crippen LogP contribution in [0.4, 0.5) is 14.5 Å². The number of aryl methyl sites for hydroxylation is 1. The lowest BCUT2D eigenvalue weighted by molar-refractivity contribution is -0.0498. The summed E-state index contributed by atoms with van der Waals surface area (Å²) in [7, 11) is 0. The molecule has 20 heavy (non-hydrogen) atoms. The summed E-state index contributed by atoms with van der Waals surface area (Å²) in [6.07, 6.45) is 4.61. The molecule has 0 fully saturated rings. The van der Waals surface area contributed by atoms with Crippen LogP contribution in [-0.2, 0) is 13.1 Å². The lowest BCUT2D eigenvalue weighted by Crippen LogP contribution is -2.07. The van der Waals surface area contributed by atoms with E-state index in [4.69, 9.17) is 0 Å². The molecule has 6 heteroatoms. The predicted octanol–water partition coefficient (Wildman–Crippen LogP) is 3.51. The fourth-order valence-electron chi connectivity index (χ4n) is 1.91. The molecule has 1 aromatic heterocycles. The van der Waals surface area contributed by atoms with Gasteiger partial charge in [-0.1, -0.05) is 13.0 Å². The van der Waals surface area contributed by atoms with Gasteiger partial charge < -0.3 is 14.6 Å². The van der Waals surface area contributed by atoms with Crippen LogP contribution in [0.25, 0.3) is 0 Å². The summed E-state index contributed by atoms with van der Waals surface area (Å²) in [5.74, 6) is 0.145. The monoisotopic (exact) mass is 281 g/mol. The Kier molecular flexibility index (Phi) is 4.92. The van der Waals surface area contributed by atoms with E-state index in [1.807, 2.05) is 0 Å². The topological polar surface area (TPSA) is 39.1 Å². The number of nitrogens with one attached hydrogen (secondary N) is 1. The van der Waals surface area contributed by atoms with Gasteiger partial charge in [0.25, 0.3) is 0 Å². The van der Waals surface area contributed by atoms with E-state index < -0.39 is 6.61 Å². The summed E-state index contributed by atoms with van der Waals surface area (Å²) in [6.45, 7) is 0.780. The summed E-state index contributed by atoms with van der Waals surface area (Å²) >= 11 is 0. The van der Waals surface area contributed by atoms with Crippen molar-refractivity contribution in [1.82, 2.24) is 9.55 Å². The highest BCUT2D eigenvalue weighted by atomic mass is 19.3. The molecule has 0 saturated carbocycles. The standard InChI is InChI=1S/C14H17F2N3O/c1-2-6-19-10-17-8-12(19)9-18-11-4-3-5-13(7-11)20-14(15)16/h3-5,7-8,10,14,18H,2,6,9H2,1H3. The van der Waals surface area contributed by atoms with E-state index in [1.165, 1.54) is 6.07 Å². The summed E-state index contributed by atoms with van der Waals surface area (Å²) in [6, 6.07) is 6.52. The lowest BCUT2D eigenvalue weighted by Gasteiger charge is -2.10. The summed E-state index contributed by atoms with van der Waals surface area (Å²) in [5, 5.41) is 3.17. The molecule has 0 bridgehead atoms. The molecule has 1 aromatic carbocycles. The predicted molar refractivity (Wildman–Crippen MR) is 72.9 cm³/mol. The van der Waals surface area contributed by atoms with Gasteiger partial charge in [0, 0.05) is 24.5 Å². The number of rotatable bonds is 7. The third kappa shape index (κ3) is 3.94. The third-order valence-electron chi connectivity index (χ3n) is 2.80. The number of hydrogen-bond acceptors (Lipinski definition) is 3. The van der Waals surface area contributed by atoms with Gasteiger partial charge in [-0.15, -0.1) is 0 Å². The van der Waals surface area contributed by atoms with E-state index >= 15 is 0 Å². The van der Waals surface area contributed by atoms with Gasteiger partial charge in [0.2, 0.25) is 0 Å². The van der Waals surface area contributed by atoms with E-state index in [0.29, 0.717) is 6.54 Å². The number of nitrogens with zero attached hydrogens (tertiary/aromatic N) is 2. The molecule has 4 nitrogen and oxygen atoms in total. The molecule has 0 aliphatic rings. The van der Waals surface area contributed by atoms with Crippen LogP contribution in [0.2, 0.25) is 0 Å². The number of aromatic nitrogens is 2. The van der Waals surface area contributed by atoms with Crippen LogP contribution in [0.3, 0.4) is 0 Å². The average Bonchev–Trinajstić information content (AvgIpc) is 2.84. The molecule has 0 amide bonds. The molecule has 0 aliphatic carbocycles. The van der Waals surface area contributed by atoms with Crippen LogP contribution < -0.4 is 10.1 Å². The highest BCUT2D eigenvalue weighted by Gasteiger charge is 2.05. The molecular weight excluding hydrogens is 264 g/mol. The van der Waals surface area contributed by atoms with Crippen molar-refractivity contribution in [2.24, 2.45) is 0 Å². The summed E-state index contributed by atoms with van der Waals surface area (Å²) in [4.78, 5) is 4.11. The molecule has 108 valence electrons. The van der Waals surface area contributed by atoms with Gasteiger partial charge in [0.1, 0.15) is 5.75 Å². The largest absolute Gasteiger partial charge is 0.435 e. The lowest BCUT2D eigenvalue weighted by atomic mass is 10.3. The Bertz CT molecular complexity index is 543. The summed E-state index contributed by atoms with van der Waals surface area (Å²) in [5.41, 5.74) is 1.78. The second-order valence-corrected chi connectivity index (χ2v) is 4.34. The van der Waals surface area contributed by atoms with E-state index in [-0.39, 0.29) is 5.75 Å². The van der Waals surface area contributed by atoms with Gasteiger partial charge in [-0.2, -0.15) is 8.78 Å². The smallest absolute Gasteiger partial charge is 0.387 e. The van der Waals surface area contributed by atoms with Crippen LogP contribution >= 0.6 is 0 Å². The van der Waals surface area contributed by atoms with Crippen LogP contribution in [-0.4, -0.2) is 16.2 Å². The zero-order chi connectivity index (χ0) is 14.4. The first kappa shape index (κ1) is 14.3. The van der Waals surface area contributed by atoms with Crippen molar-refractivity contribution in [3.8, 4) is 5.75 Å². The first-order valence-corrected chi connectivity index (χ1v) is 6.46. The van der Waals surface area contributed by atoms with Crippen molar-refractivity contribution in [2.45, 2.75) is 33.0 Å². The SMILES string of the molecule is CCCn1cncc1CNc1cccc(OC(F)F)c1. The first-order chi connectivity index (χ1) is 9.69. The van der Waals surface area contributed by atoms with Crippen LogP contribution in [0.1, 0.15) is 19.0 Å². The quantitative estimate of drug-likeness (QED) is 0.844. The zero-order valence-corrected chi connectivity index (χ0v) is 11.2. The van der Waals surface area contributed by atoms with Crippen molar-refractivity contribution in [3.63, 3.8) is 0 Å². The minimum atomic E-state index is -2.81. The average molecular weight is 281 g/mol. The molecular formula is C14H17F2N3O. The van der Waals surface area contributed by atoms with Crippen molar-refractivity contribution < 1.29 is 13.5 Å². The molecule has 2 aromatic rings. The number of alkyl halides is 2. The molecule has 1 heterocycles. The number of ether oxygens (including phenoxy) is 1. The Labute approximate surface area is 116 Å². The first-order valence-electron chi connectivity index (χ1n) is 6.46. The van der Waals surface area contributed by atoms with Gasteiger partial charge in [0.05, 0.1) is 18.6 Å². The highest BCUT2D eigenvalue weighted by Crippen LogP contribution is 2.19. The number of halogens is 2. The zero-order valence-electron chi connectivity index (χ0n) is 11.2. The molecule has 2 rings (SSSR count). The maximum absolute atomic E-state index is 12.1. The number of imidazole rings is 1. The van der Waals surface area contributed by atoms with Gasteiger partial charge >= 0.3 is 6.61 Å². The van der Waals surface area contributed by atoms with E-state index in [2.05, 4.69) is 26.5 Å². The van der Waals surface area contributed by atoms with Crippen LogP contribution in [0.5, 0.6) is 5.75 Å². The van der Waals surface area contributed by atoms with Gasteiger partial charge in [-0.05, 0) is 18.6 Å². The highest BCUT2D eigenvalue weighted by molar-refractivity contribution is 5.48. The Morgan fingerprint density at radius 1 is 1.40 bits per heavy atom. The number of anilines is 1. The van der Waals surface area contributed by atoms with E-state index in [0.717, 1.165) is 24.3 Å². The molecule has 0 spiro atoms. The van der Waals surface area contributed by atoms with Gasteiger partial charge in [-0.3, -0.25) is 0 Å². The minimum absolute atomic E-state index is 0.145. The second-order valence-electron chi connectivity index (χ2n) is 4.34. The number of hydrogen-bond donors (Lipinski definition) is 1.